The lowest BCUT2D eigenvalue weighted by atomic mass is 9.88. The summed E-state index contributed by atoms with van der Waals surface area (Å²) in [5.74, 6) is 1.000. The van der Waals surface area contributed by atoms with Gasteiger partial charge in [0.25, 0.3) is 0 Å². The van der Waals surface area contributed by atoms with E-state index >= 15 is 0 Å². The Kier molecular flexibility index (Phi) is 2.96. The highest BCUT2D eigenvalue weighted by Crippen LogP contribution is 2.33. The van der Waals surface area contributed by atoms with Gasteiger partial charge in [0.1, 0.15) is 5.75 Å². The number of esters is 1. The lowest BCUT2D eigenvalue weighted by Crippen LogP contribution is -2.23. The summed E-state index contributed by atoms with van der Waals surface area (Å²) in [5.41, 5.74) is 2.46. The average molecular weight is 247 g/mol. The number of hydrogen-bond acceptors (Lipinski definition) is 4. The van der Waals surface area contributed by atoms with E-state index in [9.17, 15) is 4.79 Å². The lowest BCUT2D eigenvalue weighted by Gasteiger charge is -2.17. The van der Waals surface area contributed by atoms with Crippen LogP contribution in [0.2, 0.25) is 0 Å². The largest absolute Gasteiger partial charge is 0.493 e. The minimum atomic E-state index is -0.123. The summed E-state index contributed by atoms with van der Waals surface area (Å²) < 4.78 is 10.4. The van der Waals surface area contributed by atoms with E-state index in [2.05, 4.69) is 17.4 Å². The van der Waals surface area contributed by atoms with Crippen molar-refractivity contribution in [2.45, 2.75) is 12.3 Å². The second-order valence-corrected chi connectivity index (χ2v) is 4.86. The summed E-state index contributed by atoms with van der Waals surface area (Å²) in [7, 11) is 1.45. The fourth-order valence-electron chi connectivity index (χ4n) is 2.87. The molecule has 2 aliphatic heterocycles. The van der Waals surface area contributed by atoms with Crippen LogP contribution < -0.4 is 10.1 Å². The maximum absolute atomic E-state index is 11.7. The number of carbonyl (C=O) groups excluding carboxylic acids is 1. The van der Waals surface area contributed by atoms with Gasteiger partial charge in [0, 0.05) is 25.4 Å². The van der Waals surface area contributed by atoms with Gasteiger partial charge in [-0.25, -0.2) is 0 Å². The standard InChI is InChI=1S/C14H17NO3/c1-17-14(16)12-8-15-7-11(12)9-2-3-13-10(6-9)4-5-18-13/h2-3,6,11-12,15H,4-5,7-8H2,1H3. The van der Waals surface area contributed by atoms with Gasteiger partial charge in [-0.2, -0.15) is 0 Å². The van der Waals surface area contributed by atoms with Gasteiger partial charge in [-0.05, 0) is 17.2 Å². The number of benzene rings is 1. The molecule has 1 N–H and O–H groups in total. The predicted molar refractivity (Wildman–Crippen MR) is 66.8 cm³/mol. The van der Waals surface area contributed by atoms with E-state index in [1.165, 1.54) is 18.2 Å². The molecule has 96 valence electrons. The quantitative estimate of drug-likeness (QED) is 0.795. The van der Waals surface area contributed by atoms with Crippen molar-refractivity contribution in [3.8, 4) is 5.75 Å². The van der Waals surface area contributed by atoms with Crippen LogP contribution >= 0.6 is 0 Å². The molecule has 1 aromatic carbocycles. The Bertz CT molecular complexity index is 472. The highest BCUT2D eigenvalue weighted by molar-refractivity contribution is 5.74. The maximum Gasteiger partial charge on any atom is 0.310 e. The van der Waals surface area contributed by atoms with E-state index < -0.39 is 0 Å². The van der Waals surface area contributed by atoms with Gasteiger partial charge in [0.15, 0.2) is 0 Å². The normalized spacial score (nSPS) is 25.6. The molecule has 4 heteroatoms. The molecule has 0 radical (unpaired) electrons. The van der Waals surface area contributed by atoms with Crippen LogP contribution in [0.25, 0.3) is 0 Å². The van der Waals surface area contributed by atoms with Crippen molar-refractivity contribution in [3.05, 3.63) is 29.3 Å². The molecular weight excluding hydrogens is 230 g/mol. The van der Waals surface area contributed by atoms with Gasteiger partial charge < -0.3 is 14.8 Å². The molecule has 1 fully saturated rings. The van der Waals surface area contributed by atoms with E-state index in [0.29, 0.717) is 6.54 Å². The molecule has 18 heavy (non-hydrogen) atoms. The Labute approximate surface area is 106 Å². The van der Waals surface area contributed by atoms with Gasteiger partial charge >= 0.3 is 5.97 Å². The van der Waals surface area contributed by atoms with Crippen LogP contribution in [0.4, 0.5) is 0 Å². The first-order chi connectivity index (χ1) is 8.79. The zero-order valence-corrected chi connectivity index (χ0v) is 10.4. The van der Waals surface area contributed by atoms with Gasteiger partial charge in [-0.15, -0.1) is 0 Å². The zero-order valence-electron chi connectivity index (χ0n) is 10.4. The molecule has 1 aromatic rings. The van der Waals surface area contributed by atoms with Crippen molar-refractivity contribution in [3.63, 3.8) is 0 Å². The Morgan fingerprint density at radius 2 is 2.33 bits per heavy atom. The summed E-state index contributed by atoms with van der Waals surface area (Å²) in [6, 6.07) is 6.26. The fraction of sp³-hybridized carbons (Fsp3) is 0.500. The zero-order chi connectivity index (χ0) is 12.5. The predicted octanol–water partition coefficient (Wildman–Crippen LogP) is 1.10. The summed E-state index contributed by atoms with van der Waals surface area (Å²) in [4.78, 5) is 11.7. The first-order valence-electron chi connectivity index (χ1n) is 6.34. The fourth-order valence-corrected chi connectivity index (χ4v) is 2.87. The smallest absolute Gasteiger partial charge is 0.310 e. The molecule has 3 rings (SSSR count). The summed E-state index contributed by atoms with van der Waals surface area (Å²) in [6.45, 7) is 2.30. The number of hydrogen-bond donors (Lipinski definition) is 1. The highest BCUT2D eigenvalue weighted by atomic mass is 16.5. The highest BCUT2D eigenvalue weighted by Gasteiger charge is 2.35. The van der Waals surface area contributed by atoms with Crippen LogP contribution in [0, 0.1) is 5.92 Å². The molecule has 2 atom stereocenters. The van der Waals surface area contributed by atoms with E-state index in [4.69, 9.17) is 9.47 Å². The molecular formula is C14H17NO3. The molecule has 0 aliphatic carbocycles. The first-order valence-corrected chi connectivity index (χ1v) is 6.34. The monoisotopic (exact) mass is 247 g/mol. The summed E-state index contributed by atoms with van der Waals surface area (Å²) in [6.07, 6.45) is 0.964. The van der Waals surface area contributed by atoms with Gasteiger partial charge in [-0.1, -0.05) is 12.1 Å². The van der Waals surface area contributed by atoms with Crippen LogP contribution in [-0.2, 0) is 16.0 Å². The molecule has 2 unspecified atom stereocenters. The third-order valence-electron chi connectivity index (χ3n) is 3.86. The molecule has 4 nitrogen and oxygen atoms in total. The van der Waals surface area contributed by atoms with Gasteiger partial charge in [-0.3, -0.25) is 4.79 Å². The number of methoxy groups -OCH3 is 1. The SMILES string of the molecule is COC(=O)C1CNCC1c1ccc2c(c1)CCO2. The molecule has 0 amide bonds. The Hall–Kier alpha value is -1.55. The minimum Gasteiger partial charge on any atom is -0.493 e. The van der Waals surface area contributed by atoms with Gasteiger partial charge in [0.2, 0.25) is 0 Å². The lowest BCUT2D eigenvalue weighted by molar-refractivity contribution is -0.145. The molecule has 0 spiro atoms. The third-order valence-corrected chi connectivity index (χ3v) is 3.86. The first kappa shape index (κ1) is 11.5. The molecule has 2 aliphatic rings. The second kappa shape index (κ2) is 4.61. The van der Waals surface area contributed by atoms with Crippen molar-refractivity contribution >= 4 is 5.97 Å². The number of carbonyl (C=O) groups is 1. The topological polar surface area (TPSA) is 47.6 Å². The van der Waals surface area contributed by atoms with Crippen molar-refractivity contribution in [1.82, 2.24) is 5.32 Å². The van der Waals surface area contributed by atoms with E-state index in [0.717, 1.165) is 25.3 Å². The number of fused-ring (bicyclic) bond motifs is 1. The number of ether oxygens (including phenoxy) is 2. The Balaban J connectivity index is 1.87. The molecule has 1 saturated heterocycles. The van der Waals surface area contributed by atoms with Crippen LogP contribution in [0.15, 0.2) is 18.2 Å². The van der Waals surface area contributed by atoms with E-state index in [1.54, 1.807) is 0 Å². The molecule has 0 bridgehead atoms. The Morgan fingerprint density at radius 1 is 1.44 bits per heavy atom. The van der Waals surface area contributed by atoms with E-state index in [1.807, 2.05) is 6.07 Å². The van der Waals surface area contributed by atoms with Crippen molar-refractivity contribution in [2.75, 3.05) is 26.8 Å². The van der Waals surface area contributed by atoms with E-state index in [-0.39, 0.29) is 17.8 Å². The van der Waals surface area contributed by atoms with Crippen molar-refractivity contribution in [2.24, 2.45) is 5.92 Å². The summed E-state index contributed by atoms with van der Waals surface area (Å²) in [5, 5.41) is 3.27. The van der Waals surface area contributed by atoms with Crippen LogP contribution in [0.5, 0.6) is 5.75 Å². The van der Waals surface area contributed by atoms with Crippen molar-refractivity contribution in [1.29, 1.82) is 0 Å². The summed E-state index contributed by atoms with van der Waals surface area (Å²) >= 11 is 0. The molecule has 0 saturated carbocycles. The maximum atomic E-state index is 11.7. The number of rotatable bonds is 2. The van der Waals surface area contributed by atoms with Crippen molar-refractivity contribution < 1.29 is 14.3 Å². The average Bonchev–Trinajstić information content (AvgIpc) is 3.05. The van der Waals surface area contributed by atoms with Gasteiger partial charge in [0.05, 0.1) is 19.6 Å². The molecule has 2 heterocycles. The number of nitrogens with one attached hydrogen (secondary N) is 1. The second-order valence-electron chi connectivity index (χ2n) is 4.86. The molecule has 0 aromatic heterocycles. The van der Waals surface area contributed by atoms with Crippen LogP contribution in [-0.4, -0.2) is 32.8 Å². The van der Waals surface area contributed by atoms with Crippen LogP contribution in [0.3, 0.4) is 0 Å². The van der Waals surface area contributed by atoms with Crippen LogP contribution in [0.1, 0.15) is 17.0 Å². The minimum absolute atomic E-state index is 0.0737. The Morgan fingerprint density at radius 3 is 3.17 bits per heavy atom. The third kappa shape index (κ3) is 1.86.